The number of unbranched alkanes of at least 4 members (excludes halogenated alkanes) is 1. The van der Waals surface area contributed by atoms with Crippen LogP contribution in [0.15, 0.2) is 24.3 Å². The molecule has 0 aliphatic heterocycles. The molecule has 110 valence electrons. The molecule has 3 nitrogen and oxygen atoms in total. The van der Waals surface area contributed by atoms with Crippen LogP contribution in [0.1, 0.15) is 51.0 Å². The zero-order valence-electron chi connectivity index (χ0n) is 12.4. The molecule has 1 aliphatic rings. The summed E-state index contributed by atoms with van der Waals surface area (Å²) in [7, 11) is 0. The Bertz CT molecular complexity index is 423. The minimum absolute atomic E-state index is 0.141. The summed E-state index contributed by atoms with van der Waals surface area (Å²) in [6, 6.07) is 7.94. The molecule has 0 radical (unpaired) electrons. The maximum atomic E-state index is 12.2. The Kier molecular flexibility index (Phi) is 5.45. The SMILES string of the molecule is CCCCC(NC(=O)Cc1ccc(N)cc1)C1CCC1. The highest BCUT2D eigenvalue weighted by molar-refractivity contribution is 5.79. The van der Waals surface area contributed by atoms with Crippen molar-refractivity contribution < 1.29 is 4.79 Å². The van der Waals surface area contributed by atoms with Crippen LogP contribution in [0.25, 0.3) is 0 Å². The number of nitrogen functional groups attached to an aromatic ring is 1. The lowest BCUT2D eigenvalue weighted by atomic mass is 9.78. The highest BCUT2D eigenvalue weighted by Crippen LogP contribution is 2.31. The zero-order valence-corrected chi connectivity index (χ0v) is 12.4. The smallest absolute Gasteiger partial charge is 0.224 e. The van der Waals surface area contributed by atoms with Gasteiger partial charge in [-0.2, -0.15) is 0 Å². The van der Waals surface area contributed by atoms with Gasteiger partial charge >= 0.3 is 0 Å². The predicted molar refractivity (Wildman–Crippen MR) is 83.4 cm³/mol. The van der Waals surface area contributed by atoms with Crippen LogP contribution in [0.3, 0.4) is 0 Å². The van der Waals surface area contributed by atoms with E-state index < -0.39 is 0 Å². The summed E-state index contributed by atoms with van der Waals surface area (Å²) in [5.41, 5.74) is 7.43. The van der Waals surface area contributed by atoms with Gasteiger partial charge in [0.2, 0.25) is 5.91 Å². The van der Waals surface area contributed by atoms with Crippen molar-refractivity contribution in [3.63, 3.8) is 0 Å². The Hall–Kier alpha value is -1.51. The topological polar surface area (TPSA) is 55.1 Å². The fourth-order valence-electron chi connectivity index (χ4n) is 2.77. The third-order valence-corrected chi connectivity index (χ3v) is 4.28. The van der Waals surface area contributed by atoms with Crippen LogP contribution in [-0.4, -0.2) is 11.9 Å². The minimum atomic E-state index is 0.141. The van der Waals surface area contributed by atoms with Crippen molar-refractivity contribution in [2.24, 2.45) is 5.92 Å². The van der Waals surface area contributed by atoms with E-state index in [1.165, 1.54) is 32.1 Å². The summed E-state index contributed by atoms with van der Waals surface area (Å²) in [4.78, 5) is 12.2. The summed E-state index contributed by atoms with van der Waals surface area (Å²) < 4.78 is 0. The highest BCUT2D eigenvalue weighted by atomic mass is 16.1. The summed E-state index contributed by atoms with van der Waals surface area (Å²) in [5.74, 6) is 0.847. The molecule has 0 spiro atoms. The molecule has 1 aromatic carbocycles. The molecule has 1 amide bonds. The number of hydrogen-bond donors (Lipinski definition) is 2. The predicted octanol–water partition coefficient (Wildman–Crippen LogP) is 3.29. The van der Waals surface area contributed by atoms with Crippen molar-refractivity contribution in [2.45, 2.75) is 57.9 Å². The number of rotatable bonds is 7. The molecule has 0 bridgehead atoms. The molecular weight excluding hydrogens is 248 g/mol. The van der Waals surface area contributed by atoms with Gasteiger partial charge in [0.25, 0.3) is 0 Å². The van der Waals surface area contributed by atoms with Crippen molar-refractivity contribution >= 4 is 11.6 Å². The molecule has 0 aromatic heterocycles. The highest BCUT2D eigenvalue weighted by Gasteiger charge is 2.27. The lowest BCUT2D eigenvalue weighted by Crippen LogP contribution is -2.43. The van der Waals surface area contributed by atoms with E-state index in [2.05, 4.69) is 12.2 Å². The van der Waals surface area contributed by atoms with Crippen molar-refractivity contribution in [1.29, 1.82) is 0 Å². The standard InChI is InChI=1S/C17H26N2O/c1-2-3-7-16(14-5-4-6-14)19-17(20)12-13-8-10-15(18)11-9-13/h8-11,14,16H,2-7,12,18H2,1H3,(H,19,20). The van der Waals surface area contributed by atoms with Gasteiger partial charge in [-0.3, -0.25) is 4.79 Å². The van der Waals surface area contributed by atoms with E-state index in [0.29, 0.717) is 18.4 Å². The first-order valence-electron chi connectivity index (χ1n) is 7.83. The molecule has 1 atom stereocenters. The van der Waals surface area contributed by atoms with Crippen LogP contribution < -0.4 is 11.1 Å². The van der Waals surface area contributed by atoms with Gasteiger partial charge in [0.05, 0.1) is 6.42 Å². The molecular formula is C17H26N2O. The first-order chi connectivity index (χ1) is 9.69. The maximum Gasteiger partial charge on any atom is 0.224 e. The van der Waals surface area contributed by atoms with Crippen LogP contribution in [0.5, 0.6) is 0 Å². The van der Waals surface area contributed by atoms with Gasteiger partial charge in [-0.25, -0.2) is 0 Å². The van der Waals surface area contributed by atoms with Gasteiger partial charge in [-0.05, 0) is 42.9 Å². The molecule has 2 rings (SSSR count). The van der Waals surface area contributed by atoms with E-state index in [1.807, 2.05) is 24.3 Å². The van der Waals surface area contributed by atoms with Crippen LogP contribution >= 0.6 is 0 Å². The second-order valence-corrected chi connectivity index (χ2v) is 5.93. The molecule has 20 heavy (non-hydrogen) atoms. The minimum Gasteiger partial charge on any atom is -0.399 e. The van der Waals surface area contributed by atoms with Crippen LogP contribution in [0, 0.1) is 5.92 Å². The van der Waals surface area contributed by atoms with Crippen molar-refractivity contribution in [2.75, 3.05) is 5.73 Å². The van der Waals surface area contributed by atoms with Crippen molar-refractivity contribution in [1.82, 2.24) is 5.32 Å². The fraction of sp³-hybridized carbons (Fsp3) is 0.588. The average molecular weight is 274 g/mol. The van der Waals surface area contributed by atoms with E-state index in [1.54, 1.807) is 0 Å². The second kappa shape index (κ2) is 7.32. The van der Waals surface area contributed by atoms with Gasteiger partial charge in [-0.15, -0.1) is 0 Å². The molecule has 1 unspecified atom stereocenters. The second-order valence-electron chi connectivity index (χ2n) is 5.93. The number of amides is 1. The summed E-state index contributed by atoms with van der Waals surface area (Å²) >= 11 is 0. The fourth-order valence-corrected chi connectivity index (χ4v) is 2.77. The zero-order chi connectivity index (χ0) is 14.4. The van der Waals surface area contributed by atoms with Gasteiger partial charge in [0, 0.05) is 11.7 Å². The molecule has 1 aromatic rings. The monoisotopic (exact) mass is 274 g/mol. The number of carbonyl (C=O) groups excluding carboxylic acids is 1. The van der Waals surface area contributed by atoms with Gasteiger partial charge in [0.15, 0.2) is 0 Å². The lowest BCUT2D eigenvalue weighted by Gasteiger charge is -2.34. The third kappa shape index (κ3) is 4.26. The first kappa shape index (κ1) is 14.9. The molecule has 0 saturated heterocycles. The normalized spacial score (nSPS) is 16.4. The van der Waals surface area contributed by atoms with E-state index in [-0.39, 0.29) is 5.91 Å². The average Bonchev–Trinajstić information content (AvgIpc) is 2.36. The van der Waals surface area contributed by atoms with Crippen LogP contribution in [0.4, 0.5) is 5.69 Å². The van der Waals surface area contributed by atoms with Crippen molar-refractivity contribution in [3.8, 4) is 0 Å². The van der Waals surface area contributed by atoms with Gasteiger partial charge < -0.3 is 11.1 Å². The number of hydrogen-bond acceptors (Lipinski definition) is 2. The molecule has 1 saturated carbocycles. The van der Waals surface area contributed by atoms with E-state index in [4.69, 9.17) is 5.73 Å². The van der Waals surface area contributed by atoms with Gasteiger partial charge in [-0.1, -0.05) is 38.3 Å². The summed E-state index contributed by atoms with van der Waals surface area (Å²) in [5, 5.41) is 3.25. The number of nitrogens with two attached hydrogens (primary N) is 1. The lowest BCUT2D eigenvalue weighted by molar-refractivity contribution is -0.121. The van der Waals surface area contributed by atoms with Gasteiger partial charge in [0.1, 0.15) is 0 Å². The van der Waals surface area contributed by atoms with Crippen molar-refractivity contribution in [3.05, 3.63) is 29.8 Å². The first-order valence-corrected chi connectivity index (χ1v) is 7.83. The molecule has 0 heterocycles. The largest absolute Gasteiger partial charge is 0.399 e. The Morgan fingerprint density at radius 1 is 1.35 bits per heavy atom. The number of nitrogens with one attached hydrogen (secondary N) is 1. The summed E-state index contributed by atoms with van der Waals surface area (Å²) in [6.07, 6.45) is 7.83. The number of anilines is 1. The van der Waals surface area contributed by atoms with Crippen LogP contribution in [-0.2, 0) is 11.2 Å². The Labute approximate surface area is 121 Å². The van der Waals surface area contributed by atoms with E-state index >= 15 is 0 Å². The maximum absolute atomic E-state index is 12.2. The number of carbonyl (C=O) groups is 1. The summed E-state index contributed by atoms with van der Waals surface area (Å²) in [6.45, 7) is 2.20. The Balaban J connectivity index is 1.85. The molecule has 1 fully saturated rings. The quantitative estimate of drug-likeness (QED) is 0.750. The van der Waals surface area contributed by atoms with Crippen LogP contribution in [0.2, 0.25) is 0 Å². The third-order valence-electron chi connectivity index (χ3n) is 4.28. The van der Waals surface area contributed by atoms with E-state index in [0.717, 1.165) is 17.7 Å². The molecule has 3 N–H and O–H groups in total. The Morgan fingerprint density at radius 3 is 2.60 bits per heavy atom. The Morgan fingerprint density at radius 2 is 2.05 bits per heavy atom. The molecule has 1 aliphatic carbocycles. The van der Waals surface area contributed by atoms with E-state index in [9.17, 15) is 4.79 Å². The number of benzene rings is 1. The molecule has 3 heteroatoms.